The van der Waals surface area contributed by atoms with E-state index in [-0.39, 0.29) is 24.6 Å². The van der Waals surface area contributed by atoms with E-state index in [1.165, 1.54) is 0 Å². The van der Waals surface area contributed by atoms with E-state index in [1.54, 1.807) is 6.92 Å². The average Bonchev–Trinajstić information content (AvgIpc) is 2.12. The van der Waals surface area contributed by atoms with Crippen LogP contribution in [0.25, 0.3) is 0 Å². The zero-order valence-corrected chi connectivity index (χ0v) is 9.96. The second kappa shape index (κ2) is 6.07. The summed E-state index contributed by atoms with van der Waals surface area (Å²) in [7, 11) is -3.57. The fraction of sp³-hybridized carbons (Fsp3) is 0.889. The lowest BCUT2D eigenvalue weighted by Crippen LogP contribution is -2.35. The summed E-state index contributed by atoms with van der Waals surface area (Å²) in [6.45, 7) is 3.73. The summed E-state index contributed by atoms with van der Waals surface area (Å²) in [6, 6.07) is 0. The Morgan fingerprint density at radius 3 is 2.33 bits per heavy atom. The van der Waals surface area contributed by atoms with Gasteiger partial charge in [-0.05, 0) is 18.9 Å². The van der Waals surface area contributed by atoms with Crippen LogP contribution < -0.4 is 5.73 Å². The number of carboxylic acid groups (broad SMARTS) is 1. The summed E-state index contributed by atoms with van der Waals surface area (Å²) >= 11 is 0. The van der Waals surface area contributed by atoms with Gasteiger partial charge in [-0.1, -0.05) is 20.3 Å². The van der Waals surface area contributed by atoms with E-state index in [9.17, 15) is 13.2 Å². The number of nitrogens with two attached hydrogens (primary N) is 1. The van der Waals surface area contributed by atoms with Gasteiger partial charge < -0.3 is 10.8 Å². The highest BCUT2D eigenvalue weighted by atomic mass is 32.2. The van der Waals surface area contributed by atoms with Gasteiger partial charge in [0.2, 0.25) is 0 Å². The number of carboxylic acids is 1. The van der Waals surface area contributed by atoms with Crippen molar-refractivity contribution in [1.29, 1.82) is 0 Å². The van der Waals surface area contributed by atoms with E-state index in [1.807, 2.05) is 6.92 Å². The predicted octanol–water partition coefficient (Wildman–Crippen LogP) is 0.249. The number of rotatable bonds is 7. The number of sulfone groups is 1. The van der Waals surface area contributed by atoms with Gasteiger partial charge >= 0.3 is 5.97 Å². The van der Waals surface area contributed by atoms with E-state index in [2.05, 4.69) is 0 Å². The SMILES string of the molecule is CCC(C)CS(=O)(=O)C(CCN)C(=O)O. The van der Waals surface area contributed by atoms with Gasteiger partial charge in [0, 0.05) is 0 Å². The molecule has 5 nitrogen and oxygen atoms in total. The summed E-state index contributed by atoms with van der Waals surface area (Å²) in [5.41, 5.74) is 5.20. The standard InChI is InChI=1S/C9H19NO4S/c1-3-7(2)6-15(13,14)8(4-5-10)9(11)12/h7-8H,3-6,10H2,1-2H3,(H,11,12). The molecule has 0 bridgehead atoms. The first kappa shape index (κ1) is 14.4. The van der Waals surface area contributed by atoms with Crippen LogP contribution in [0.3, 0.4) is 0 Å². The molecule has 0 spiro atoms. The highest BCUT2D eigenvalue weighted by Crippen LogP contribution is 2.13. The highest BCUT2D eigenvalue weighted by molar-refractivity contribution is 7.92. The third kappa shape index (κ3) is 4.61. The molecule has 2 atom stereocenters. The minimum Gasteiger partial charge on any atom is -0.480 e. The van der Waals surface area contributed by atoms with E-state index in [0.29, 0.717) is 6.42 Å². The van der Waals surface area contributed by atoms with Crippen LogP contribution in [0.15, 0.2) is 0 Å². The maximum atomic E-state index is 11.7. The van der Waals surface area contributed by atoms with Crippen LogP contribution in [-0.2, 0) is 14.6 Å². The molecule has 0 aliphatic heterocycles. The van der Waals surface area contributed by atoms with Crippen LogP contribution in [0.2, 0.25) is 0 Å². The summed E-state index contributed by atoms with van der Waals surface area (Å²) in [6.07, 6.45) is 0.697. The van der Waals surface area contributed by atoms with Crippen molar-refractivity contribution in [2.24, 2.45) is 11.7 Å². The number of carbonyl (C=O) groups is 1. The van der Waals surface area contributed by atoms with Crippen molar-refractivity contribution < 1.29 is 18.3 Å². The molecule has 0 saturated carbocycles. The largest absolute Gasteiger partial charge is 0.480 e. The lowest BCUT2D eigenvalue weighted by molar-refractivity contribution is -0.136. The fourth-order valence-electron chi connectivity index (χ4n) is 1.24. The topological polar surface area (TPSA) is 97.5 Å². The zero-order chi connectivity index (χ0) is 12.1. The van der Waals surface area contributed by atoms with Crippen molar-refractivity contribution in [3.63, 3.8) is 0 Å². The Hall–Kier alpha value is -0.620. The van der Waals surface area contributed by atoms with E-state index < -0.39 is 21.1 Å². The molecule has 0 heterocycles. The smallest absolute Gasteiger partial charge is 0.321 e. The lowest BCUT2D eigenvalue weighted by atomic mass is 10.2. The first-order valence-electron chi connectivity index (χ1n) is 4.99. The normalized spacial score (nSPS) is 15.9. The quantitative estimate of drug-likeness (QED) is 0.661. The Morgan fingerprint density at radius 2 is 2.00 bits per heavy atom. The fourth-order valence-corrected chi connectivity index (χ4v) is 3.30. The van der Waals surface area contributed by atoms with Gasteiger partial charge in [-0.3, -0.25) is 4.79 Å². The first-order chi connectivity index (χ1) is 6.85. The molecule has 2 unspecified atom stereocenters. The third-order valence-electron chi connectivity index (χ3n) is 2.35. The van der Waals surface area contributed by atoms with Crippen molar-refractivity contribution in [3.05, 3.63) is 0 Å². The van der Waals surface area contributed by atoms with Gasteiger partial charge in [-0.25, -0.2) is 8.42 Å². The molecule has 0 saturated heterocycles. The minimum atomic E-state index is -3.57. The van der Waals surface area contributed by atoms with Gasteiger partial charge in [0.25, 0.3) is 0 Å². The molecule has 0 aromatic heterocycles. The average molecular weight is 237 g/mol. The van der Waals surface area contributed by atoms with Crippen molar-refractivity contribution in [2.45, 2.75) is 31.9 Å². The molecule has 3 N–H and O–H groups in total. The predicted molar refractivity (Wildman–Crippen MR) is 58.3 cm³/mol. The van der Waals surface area contributed by atoms with Crippen LogP contribution in [0, 0.1) is 5.92 Å². The molecule has 0 aliphatic rings. The van der Waals surface area contributed by atoms with E-state index in [0.717, 1.165) is 0 Å². The Bertz CT molecular complexity index is 299. The molecule has 0 radical (unpaired) electrons. The summed E-state index contributed by atoms with van der Waals surface area (Å²) in [4.78, 5) is 10.8. The second-order valence-corrected chi connectivity index (χ2v) is 5.98. The molecule has 0 amide bonds. The summed E-state index contributed by atoms with van der Waals surface area (Å²) < 4.78 is 23.4. The van der Waals surface area contributed by atoms with E-state index >= 15 is 0 Å². The molecule has 0 aromatic carbocycles. The molecular formula is C9H19NO4S. The van der Waals surface area contributed by atoms with Gasteiger partial charge in [-0.15, -0.1) is 0 Å². The lowest BCUT2D eigenvalue weighted by Gasteiger charge is -2.15. The number of hydrogen-bond donors (Lipinski definition) is 2. The number of hydrogen-bond acceptors (Lipinski definition) is 4. The van der Waals surface area contributed by atoms with Gasteiger partial charge in [0.1, 0.15) is 0 Å². The molecule has 6 heteroatoms. The van der Waals surface area contributed by atoms with Crippen LogP contribution in [0.1, 0.15) is 26.7 Å². The summed E-state index contributed by atoms with van der Waals surface area (Å²) in [5.74, 6) is -1.40. The zero-order valence-electron chi connectivity index (χ0n) is 9.14. The molecule has 0 rings (SSSR count). The molecule has 0 aromatic rings. The molecule has 0 aliphatic carbocycles. The molecule has 90 valence electrons. The Kier molecular flexibility index (Phi) is 5.82. The van der Waals surface area contributed by atoms with Crippen LogP contribution in [-0.4, -0.2) is 37.0 Å². The van der Waals surface area contributed by atoms with Crippen molar-refractivity contribution in [2.75, 3.05) is 12.3 Å². The Morgan fingerprint density at radius 1 is 1.47 bits per heavy atom. The Balaban J connectivity index is 4.72. The second-order valence-electron chi connectivity index (χ2n) is 3.75. The van der Waals surface area contributed by atoms with Crippen LogP contribution >= 0.6 is 0 Å². The number of aliphatic carboxylic acids is 1. The third-order valence-corrected chi connectivity index (χ3v) is 4.69. The summed E-state index contributed by atoms with van der Waals surface area (Å²) in [5, 5.41) is 7.44. The Labute approximate surface area is 90.6 Å². The molecular weight excluding hydrogens is 218 g/mol. The van der Waals surface area contributed by atoms with Crippen LogP contribution in [0.4, 0.5) is 0 Å². The maximum absolute atomic E-state index is 11.7. The maximum Gasteiger partial charge on any atom is 0.321 e. The monoisotopic (exact) mass is 237 g/mol. The van der Waals surface area contributed by atoms with Gasteiger partial charge in [0.05, 0.1) is 5.75 Å². The van der Waals surface area contributed by atoms with Crippen molar-refractivity contribution >= 4 is 15.8 Å². The van der Waals surface area contributed by atoms with Gasteiger partial charge in [-0.2, -0.15) is 0 Å². The van der Waals surface area contributed by atoms with Crippen LogP contribution in [0.5, 0.6) is 0 Å². The van der Waals surface area contributed by atoms with Crippen molar-refractivity contribution in [1.82, 2.24) is 0 Å². The molecule has 15 heavy (non-hydrogen) atoms. The van der Waals surface area contributed by atoms with Crippen molar-refractivity contribution in [3.8, 4) is 0 Å². The highest BCUT2D eigenvalue weighted by Gasteiger charge is 2.32. The van der Waals surface area contributed by atoms with E-state index in [4.69, 9.17) is 10.8 Å². The first-order valence-corrected chi connectivity index (χ1v) is 6.71. The molecule has 0 fully saturated rings. The van der Waals surface area contributed by atoms with Gasteiger partial charge in [0.15, 0.2) is 15.1 Å². The minimum absolute atomic E-state index is 0.0189.